The van der Waals surface area contributed by atoms with E-state index in [-0.39, 0.29) is 10.8 Å². The zero-order chi connectivity index (χ0) is 21.5. The van der Waals surface area contributed by atoms with E-state index in [9.17, 15) is 0 Å². The standard InChI is InChI=1S/C24H31N5S/c1-23(2,3)19-10-18(11-20(12-19)24(4,5)6)21-26-27-22-29(21)15-28(16-30-22)14-17-8-7-9-25-13-17/h7-13H,14-16H2,1-6H3. The van der Waals surface area contributed by atoms with Crippen molar-refractivity contribution in [1.29, 1.82) is 0 Å². The number of benzene rings is 1. The van der Waals surface area contributed by atoms with Gasteiger partial charge in [0.05, 0.1) is 12.5 Å². The molecule has 0 unspecified atom stereocenters. The van der Waals surface area contributed by atoms with Crippen molar-refractivity contribution in [3.8, 4) is 11.4 Å². The third kappa shape index (κ3) is 4.44. The molecule has 0 N–H and O–H groups in total. The number of pyridine rings is 1. The van der Waals surface area contributed by atoms with Crippen LogP contribution in [0.2, 0.25) is 0 Å². The van der Waals surface area contributed by atoms with Crippen molar-refractivity contribution in [2.45, 2.75) is 70.7 Å². The Labute approximate surface area is 183 Å². The van der Waals surface area contributed by atoms with E-state index in [1.165, 1.54) is 16.7 Å². The summed E-state index contributed by atoms with van der Waals surface area (Å²) in [5.41, 5.74) is 5.18. The predicted octanol–water partition coefficient (Wildman–Crippen LogP) is 5.46. The highest BCUT2D eigenvalue weighted by atomic mass is 32.2. The predicted molar refractivity (Wildman–Crippen MR) is 123 cm³/mol. The summed E-state index contributed by atoms with van der Waals surface area (Å²) in [6, 6.07) is 11.0. The Morgan fingerprint density at radius 3 is 2.27 bits per heavy atom. The van der Waals surface area contributed by atoms with Gasteiger partial charge < -0.3 is 0 Å². The molecule has 30 heavy (non-hydrogen) atoms. The molecule has 158 valence electrons. The summed E-state index contributed by atoms with van der Waals surface area (Å²) < 4.78 is 2.25. The van der Waals surface area contributed by atoms with E-state index in [0.717, 1.165) is 35.6 Å². The zero-order valence-electron chi connectivity index (χ0n) is 18.8. The Balaban J connectivity index is 1.71. The van der Waals surface area contributed by atoms with Crippen LogP contribution in [0.5, 0.6) is 0 Å². The first kappa shape index (κ1) is 21.1. The van der Waals surface area contributed by atoms with E-state index in [2.05, 4.69) is 90.5 Å². The summed E-state index contributed by atoms with van der Waals surface area (Å²) in [7, 11) is 0. The molecule has 0 saturated carbocycles. The van der Waals surface area contributed by atoms with Crippen molar-refractivity contribution >= 4 is 11.8 Å². The van der Waals surface area contributed by atoms with Crippen LogP contribution in [0.3, 0.4) is 0 Å². The number of hydrogen-bond donors (Lipinski definition) is 0. The van der Waals surface area contributed by atoms with Crippen LogP contribution in [0.15, 0.2) is 47.9 Å². The van der Waals surface area contributed by atoms with Crippen LogP contribution in [0.4, 0.5) is 0 Å². The van der Waals surface area contributed by atoms with Crippen LogP contribution in [0, 0.1) is 0 Å². The van der Waals surface area contributed by atoms with Crippen molar-refractivity contribution < 1.29 is 0 Å². The van der Waals surface area contributed by atoms with Crippen molar-refractivity contribution in [3.63, 3.8) is 0 Å². The van der Waals surface area contributed by atoms with Crippen LogP contribution in [-0.2, 0) is 24.0 Å². The molecular formula is C24H31N5S. The van der Waals surface area contributed by atoms with Crippen LogP contribution >= 0.6 is 11.8 Å². The molecule has 1 aliphatic rings. The molecule has 3 heterocycles. The highest BCUT2D eigenvalue weighted by Gasteiger charge is 2.26. The SMILES string of the molecule is CC(C)(C)c1cc(-c2nnc3n2CN(Cc2cccnc2)CS3)cc(C(C)(C)C)c1. The fraction of sp³-hybridized carbons (Fsp3) is 0.458. The van der Waals surface area contributed by atoms with E-state index in [4.69, 9.17) is 0 Å². The molecule has 0 bridgehead atoms. The molecule has 1 aromatic carbocycles. The minimum absolute atomic E-state index is 0.0713. The van der Waals surface area contributed by atoms with Crippen molar-refractivity contribution in [1.82, 2.24) is 24.6 Å². The second kappa shape index (κ2) is 7.82. The van der Waals surface area contributed by atoms with Crippen molar-refractivity contribution in [3.05, 3.63) is 59.4 Å². The number of rotatable bonds is 3. The maximum atomic E-state index is 4.61. The highest BCUT2D eigenvalue weighted by Crippen LogP contribution is 2.35. The number of aromatic nitrogens is 4. The third-order valence-electron chi connectivity index (χ3n) is 5.49. The first-order valence-electron chi connectivity index (χ1n) is 10.4. The van der Waals surface area contributed by atoms with Gasteiger partial charge in [-0.05, 0) is 45.7 Å². The van der Waals surface area contributed by atoms with E-state index in [0.29, 0.717) is 0 Å². The normalized spacial score (nSPS) is 15.3. The average molecular weight is 422 g/mol. The van der Waals surface area contributed by atoms with Crippen molar-refractivity contribution in [2.75, 3.05) is 5.88 Å². The average Bonchev–Trinajstić information content (AvgIpc) is 3.10. The van der Waals surface area contributed by atoms with Crippen LogP contribution in [0.25, 0.3) is 11.4 Å². The molecule has 5 nitrogen and oxygen atoms in total. The van der Waals surface area contributed by atoms with E-state index >= 15 is 0 Å². The third-order valence-corrected chi connectivity index (χ3v) is 6.54. The lowest BCUT2D eigenvalue weighted by atomic mass is 9.79. The van der Waals surface area contributed by atoms with Gasteiger partial charge in [0.15, 0.2) is 11.0 Å². The van der Waals surface area contributed by atoms with Gasteiger partial charge in [0.2, 0.25) is 0 Å². The van der Waals surface area contributed by atoms with Crippen LogP contribution in [0.1, 0.15) is 58.2 Å². The summed E-state index contributed by atoms with van der Waals surface area (Å²) in [5.74, 6) is 1.85. The maximum absolute atomic E-state index is 4.61. The molecule has 0 amide bonds. The van der Waals surface area contributed by atoms with E-state index in [1.807, 2.05) is 18.5 Å². The summed E-state index contributed by atoms with van der Waals surface area (Å²) >= 11 is 1.75. The Morgan fingerprint density at radius 1 is 0.967 bits per heavy atom. The minimum Gasteiger partial charge on any atom is -0.288 e. The quantitative estimate of drug-likeness (QED) is 0.562. The van der Waals surface area contributed by atoms with Gasteiger partial charge in [-0.1, -0.05) is 65.4 Å². The summed E-state index contributed by atoms with van der Waals surface area (Å²) in [6.07, 6.45) is 3.76. The van der Waals surface area contributed by atoms with E-state index in [1.54, 1.807) is 11.8 Å². The minimum atomic E-state index is 0.0713. The van der Waals surface area contributed by atoms with Gasteiger partial charge >= 0.3 is 0 Å². The fourth-order valence-corrected chi connectivity index (χ4v) is 4.46. The molecule has 0 fully saturated rings. The number of hydrogen-bond acceptors (Lipinski definition) is 5. The largest absolute Gasteiger partial charge is 0.288 e. The Morgan fingerprint density at radius 2 is 1.67 bits per heavy atom. The van der Waals surface area contributed by atoms with Crippen LogP contribution in [-0.4, -0.2) is 30.5 Å². The first-order valence-corrected chi connectivity index (χ1v) is 11.4. The Bertz CT molecular complexity index is 996. The van der Waals surface area contributed by atoms with Gasteiger partial charge in [0, 0.05) is 24.5 Å². The Hall–Kier alpha value is -2.18. The second-order valence-electron chi connectivity index (χ2n) is 10.1. The summed E-state index contributed by atoms with van der Waals surface area (Å²) in [5, 5.41) is 10.1. The van der Waals surface area contributed by atoms with Gasteiger partial charge in [0.1, 0.15) is 0 Å². The van der Waals surface area contributed by atoms with Gasteiger partial charge in [0.25, 0.3) is 0 Å². The molecule has 2 aromatic heterocycles. The molecule has 0 atom stereocenters. The smallest absolute Gasteiger partial charge is 0.193 e. The monoisotopic (exact) mass is 421 g/mol. The molecule has 0 aliphatic carbocycles. The number of thioether (sulfide) groups is 1. The lowest BCUT2D eigenvalue weighted by Gasteiger charge is -2.29. The fourth-order valence-electron chi connectivity index (χ4n) is 3.59. The molecule has 4 rings (SSSR count). The first-order chi connectivity index (χ1) is 14.1. The van der Waals surface area contributed by atoms with Crippen LogP contribution < -0.4 is 0 Å². The molecule has 0 spiro atoms. The molecule has 3 aromatic rings. The molecule has 0 radical (unpaired) electrons. The molecular weight excluding hydrogens is 390 g/mol. The highest BCUT2D eigenvalue weighted by molar-refractivity contribution is 7.99. The van der Waals surface area contributed by atoms with Crippen molar-refractivity contribution in [2.24, 2.45) is 0 Å². The van der Waals surface area contributed by atoms with Gasteiger partial charge in [-0.2, -0.15) is 0 Å². The second-order valence-corrected chi connectivity index (χ2v) is 11.1. The van der Waals surface area contributed by atoms with Gasteiger partial charge in [-0.25, -0.2) is 0 Å². The number of fused-ring (bicyclic) bond motifs is 1. The van der Waals surface area contributed by atoms with E-state index < -0.39 is 0 Å². The maximum Gasteiger partial charge on any atom is 0.193 e. The molecule has 1 aliphatic heterocycles. The molecule has 0 saturated heterocycles. The topological polar surface area (TPSA) is 46.8 Å². The van der Waals surface area contributed by atoms with Gasteiger partial charge in [-0.3, -0.25) is 14.5 Å². The molecule has 6 heteroatoms. The summed E-state index contributed by atoms with van der Waals surface area (Å²) in [6.45, 7) is 15.3. The lowest BCUT2D eigenvalue weighted by Crippen LogP contribution is -2.30. The van der Waals surface area contributed by atoms with Gasteiger partial charge in [-0.15, -0.1) is 10.2 Å². The lowest BCUT2D eigenvalue weighted by molar-refractivity contribution is 0.231. The zero-order valence-corrected chi connectivity index (χ0v) is 19.6. The summed E-state index contributed by atoms with van der Waals surface area (Å²) in [4.78, 5) is 6.65. The Kier molecular flexibility index (Phi) is 5.49. The number of nitrogens with zero attached hydrogens (tertiary/aromatic N) is 5.